The summed E-state index contributed by atoms with van der Waals surface area (Å²) in [5, 5.41) is 10.4. The number of unbranched alkanes of at least 4 members (excludes halogenated alkanes) is 7. The minimum absolute atomic E-state index is 0.231. The molecule has 32 heavy (non-hydrogen) atoms. The first-order valence-electron chi connectivity index (χ1n) is 12.5. The molecular formula is C27H45NO4. The first-order valence-corrected chi connectivity index (χ1v) is 12.5. The van der Waals surface area contributed by atoms with Crippen LogP contribution in [0.1, 0.15) is 101 Å². The Morgan fingerprint density at radius 1 is 0.906 bits per heavy atom. The van der Waals surface area contributed by atoms with Crippen LogP contribution in [-0.2, 0) is 16.0 Å². The minimum atomic E-state index is -1.32. The number of nitrogens with zero attached hydrogens (tertiary/aromatic N) is 1. The summed E-state index contributed by atoms with van der Waals surface area (Å²) in [5.41, 5.74) is 2.97. The van der Waals surface area contributed by atoms with Gasteiger partial charge in [0.2, 0.25) is 0 Å². The number of carbonyl (C=O) groups is 2. The molecule has 0 aliphatic rings. The maximum atomic E-state index is 12.9. The van der Waals surface area contributed by atoms with Crippen LogP contribution < -0.4 is 0 Å². The van der Waals surface area contributed by atoms with Crippen molar-refractivity contribution in [2.24, 2.45) is 0 Å². The number of hydrogen-bond acceptors (Lipinski definition) is 3. The smallest absolute Gasteiger partial charge is 0.410 e. The third kappa shape index (κ3) is 7.83. The van der Waals surface area contributed by atoms with Crippen molar-refractivity contribution in [2.45, 2.75) is 111 Å². The van der Waals surface area contributed by atoms with E-state index in [1.165, 1.54) is 37.0 Å². The molecule has 0 bridgehead atoms. The molecule has 0 heterocycles. The molecule has 1 rings (SSSR count). The Labute approximate surface area is 195 Å². The van der Waals surface area contributed by atoms with Gasteiger partial charge in [-0.1, -0.05) is 76.5 Å². The van der Waals surface area contributed by atoms with Crippen molar-refractivity contribution in [3.63, 3.8) is 0 Å². The number of ether oxygens (including phenoxy) is 1. The number of carboxylic acid groups (broad SMARTS) is 1. The average molecular weight is 448 g/mol. The summed E-state index contributed by atoms with van der Waals surface area (Å²) < 4.78 is 5.33. The lowest BCUT2D eigenvalue weighted by molar-refractivity contribution is -0.151. The molecule has 1 atom stereocenters. The molecule has 1 amide bonds. The second-order valence-corrected chi connectivity index (χ2v) is 9.07. The number of rotatable bonds is 15. The summed E-state index contributed by atoms with van der Waals surface area (Å²) >= 11 is 0. The number of carbonyl (C=O) groups excluding carboxylic acids is 1. The van der Waals surface area contributed by atoms with E-state index in [1.54, 1.807) is 6.92 Å². The maximum absolute atomic E-state index is 12.9. The Bertz CT molecular complexity index is 707. The average Bonchev–Trinajstić information content (AvgIpc) is 2.73. The van der Waals surface area contributed by atoms with E-state index >= 15 is 0 Å². The third-order valence-electron chi connectivity index (χ3n) is 6.53. The lowest BCUT2D eigenvalue weighted by Gasteiger charge is -2.40. The number of aryl methyl sites for hydroxylation is 3. The highest BCUT2D eigenvalue weighted by Gasteiger charge is 2.46. The van der Waals surface area contributed by atoms with E-state index in [9.17, 15) is 14.7 Å². The molecule has 0 aromatic heterocycles. The lowest BCUT2D eigenvalue weighted by atomic mass is 9.82. The highest BCUT2D eigenvalue weighted by Crippen LogP contribution is 2.31. The van der Waals surface area contributed by atoms with E-state index in [-0.39, 0.29) is 13.0 Å². The summed E-state index contributed by atoms with van der Waals surface area (Å²) in [7, 11) is 0. The molecule has 1 N–H and O–H groups in total. The topological polar surface area (TPSA) is 66.8 Å². The molecular weight excluding hydrogens is 402 g/mol. The van der Waals surface area contributed by atoms with Crippen molar-refractivity contribution in [1.82, 2.24) is 4.90 Å². The van der Waals surface area contributed by atoms with Crippen molar-refractivity contribution in [1.29, 1.82) is 0 Å². The van der Waals surface area contributed by atoms with Gasteiger partial charge in [0.25, 0.3) is 0 Å². The molecule has 5 nitrogen and oxygen atoms in total. The van der Waals surface area contributed by atoms with Gasteiger partial charge in [0.05, 0.1) is 6.61 Å². The lowest BCUT2D eigenvalue weighted by Crippen LogP contribution is -2.58. The molecule has 0 saturated heterocycles. The Hall–Kier alpha value is -2.04. The molecule has 0 aliphatic heterocycles. The normalized spacial score (nSPS) is 12.9. The summed E-state index contributed by atoms with van der Waals surface area (Å²) in [6.07, 6.45) is 9.21. The molecule has 5 heteroatoms. The first-order chi connectivity index (χ1) is 15.2. The summed E-state index contributed by atoms with van der Waals surface area (Å²) in [6.45, 7) is 12.5. The molecule has 1 aromatic rings. The van der Waals surface area contributed by atoms with Crippen LogP contribution in [-0.4, -0.2) is 40.8 Å². The molecule has 0 radical (unpaired) electrons. The van der Waals surface area contributed by atoms with Gasteiger partial charge in [-0.05, 0) is 57.2 Å². The van der Waals surface area contributed by atoms with Gasteiger partial charge in [0.15, 0.2) is 0 Å². The van der Waals surface area contributed by atoms with Gasteiger partial charge in [0, 0.05) is 13.0 Å². The van der Waals surface area contributed by atoms with Crippen LogP contribution in [0.15, 0.2) is 12.1 Å². The Morgan fingerprint density at radius 3 is 1.91 bits per heavy atom. The van der Waals surface area contributed by atoms with Gasteiger partial charge in [-0.3, -0.25) is 4.90 Å². The van der Waals surface area contributed by atoms with E-state index in [0.717, 1.165) is 41.5 Å². The number of aliphatic carboxylic acids is 1. The number of amides is 1. The van der Waals surface area contributed by atoms with Crippen molar-refractivity contribution in [3.8, 4) is 0 Å². The van der Waals surface area contributed by atoms with E-state index < -0.39 is 17.6 Å². The predicted octanol–water partition coefficient (Wildman–Crippen LogP) is 6.99. The SMILES string of the molecule is CCCCCCCCCCN(C(=O)OCC)C(CC)(Cc1c(C)cc(C)cc1C)C(=O)O. The van der Waals surface area contributed by atoms with Crippen LogP contribution in [0.3, 0.4) is 0 Å². The quantitative estimate of drug-likeness (QED) is 0.294. The number of carboxylic acids is 1. The Kier molecular flexibility index (Phi) is 12.4. The summed E-state index contributed by atoms with van der Waals surface area (Å²) in [5.74, 6) is -0.966. The van der Waals surface area contributed by atoms with E-state index in [2.05, 4.69) is 19.1 Å². The Balaban J connectivity index is 3.06. The van der Waals surface area contributed by atoms with E-state index in [4.69, 9.17) is 4.74 Å². The second-order valence-electron chi connectivity index (χ2n) is 9.07. The van der Waals surface area contributed by atoms with Gasteiger partial charge >= 0.3 is 12.1 Å². The van der Waals surface area contributed by atoms with Crippen LogP contribution >= 0.6 is 0 Å². The second kappa shape index (κ2) is 14.2. The van der Waals surface area contributed by atoms with Gasteiger partial charge in [-0.15, -0.1) is 0 Å². The molecule has 1 unspecified atom stereocenters. The van der Waals surface area contributed by atoms with Crippen LogP contribution in [0.4, 0.5) is 4.79 Å². The molecule has 0 saturated carbocycles. The van der Waals surface area contributed by atoms with Crippen molar-refractivity contribution in [3.05, 3.63) is 34.4 Å². The fraction of sp³-hybridized carbons (Fsp3) is 0.704. The van der Waals surface area contributed by atoms with Gasteiger partial charge in [-0.2, -0.15) is 0 Å². The Morgan fingerprint density at radius 2 is 1.44 bits per heavy atom. The maximum Gasteiger partial charge on any atom is 0.410 e. The van der Waals surface area contributed by atoms with Gasteiger partial charge in [-0.25, -0.2) is 9.59 Å². The predicted molar refractivity (Wildman–Crippen MR) is 131 cm³/mol. The monoisotopic (exact) mass is 447 g/mol. The molecule has 0 aliphatic carbocycles. The van der Waals surface area contributed by atoms with Crippen LogP contribution in [0, 0.1) is 20.8 Å². The number of hydrogen-bond donors (Lipinski definition) is 1. The highest BCUT2D eigenvalue weighted by atomic mass is 16.6. The minimum Gasteiger partial charge on any atom is -0.479 e. The highest BCUT2D eigenvalue weighted by molar-refractivity contribution is 5.85. The fourth-order valence-corrected chi connectivity index (χ4v) is 4.62. The first kappa shape index (κ1) is 28.0. The molecule has 182 valence electrons. The van der Waals surface area contributed by atoms with Crippen LogP contribution in [0.5, 0.6) is 0 Å². The molecule has 1 aromatic carbocycles. The van der Waals surface area contributed by atoms with Crippen molar-refractivity contribution < 1.29 is 19.4 Å². The fourth-order valence-electron chi connectivity index (χ4n) is 4.62. The van der Waals surface area contributed by atoms with Crippen LogP contribution in [0.2, 0.25) is 0 Å². The zero-order valence-electron chi connectivity index (χ0n) is 21.3. The summed E-state index contributed by atoms with van der Waals surface area (Å²) in [6, 6.07) is 4.16. The summed E-state index contributed by atoms with van der Waals surface area (Å²) in [4.78, 5) is 27.1. The van der Waals surface area contributed by atoms with Gasteiger partial charge in [0.1, 0.15) is 5.54 Å². The number of benzene rings is 1. The van der Waals surface area contributed by atoms with Crippen molar-refractivity contribution >= 4 is 12.1 Å². The molecule has 0 spiro atoms. The molecule has 0 fully saturated rings. The van der Waals surface area contributed by atoms with Gasteiger partial charge < -0.3 is 9.84 Å². The zero-order chi connectivity index (χ0) is 24.1. The van der Waals surface area contributed by atoms with E-state index in [0.29, 0.717) is 13.0 Å². The van der Waals surface area contributed by atoms with Crippen LogP contribution in [0.25, 0.3) is 0 Å². The standard InChI is InChI=1S/C27H45NO4/c1-7-10-11-12-13-14-15-16-17-28(26(31)32-9-3)27(8-2,25(29)30)20-24-22(5)18-21(4)19-23(24)6/h18-19H,7-17,20H2,1-6H3,(H,29,30). The van der Waals surface area contributed by atoms with E-state index in [1.807, 2.05) is 27.7 Å². The third-order valence-corrected chi connectivity index (χ3v) is 6.53. The van der Waals surface area contributed by atoms with Crippen molar-refractivity contribution in [2.75, 3.05) is 13.2 Å². The largest absolute Gasteiger partial charge is 0.479 e. The zero-order valence-corrected chi connectivity index (χ0v) is 21.3.